The van der Waals surface area contributed by atoms with E-state index in [1.807, 2.05) is 6.92 Å². The Morgan fingerprint density at radius 2 is 2.24 bits per heavy atom. The van der Waals surface area contributed by atoms with E-state index in [1.54, 1.807) is 7.05 Å². The fourth-order valence-corrected chi connectivity index (χ4v) is 1.37. The number of hydrogen-bond donors (Lipinski definition) is 2. The smallest absolute Gasteiger partial charge is 0.271 e. The number of amides is 2. The highest BCUT2D eigenvalue weighted by atomic mass is 35.5. The van der Waals surface area contributed by atoms with Crippen molar-refractivity contribution in [2.24, 2.45) is 7.05 Å². The first-order valence-electron chi connectivity index (χ1n) is 5.26. The van der Waals surface area contributed by atoms with Crippen LogP contribution in [0.25, 0.3) is 0 Å². The predicted octanol–water partition coefficient (Wildman–Crippen LogP) is 0.737. The van der Waals surface area contributed by atoms with E-state index in [9.17, 15) is 9.59 Å². The largest absolute Gasteiger partial charge is 0.351 e. The summed E-state index contributed by atoms with van der Waals surface area (Å²) in [5, 5.41) is 9.18. The van der Waals surface area contributed by atoms with Crippen molar-refractivity contribution in [1.82, 2.24) is 15.1 Å². The Hall–Kier alpha value is -1.56. The van der Waals surface area contributed by atoms with Gasteiger partial charge < -0.3 is 10.6 Å². The minimum atomic E-state index is -0.371. The maximum atomic E-state index is 11.8. The maximum Gasteiger partial charge on any atom is 0.271 e. The summed E-state index contributed by atoms with van der Waals surface area (Å²) in [7, 11) is 1.64. The molecule has 1 aromatic rings. The predicted molar refractivity (Wildman–Crippen MR) is 65.2 cm³/mol. The van der Waals surface area contributed by atoms with Gasteiger partial charge in [-0.15, -0.1) is 11.6 Å². The standard InChI is InChI=1S/C10H15ClN4O2/c1-3-4-12-10(17)9-7(6-13-15(9)2)14-8(16)5-11/h6H,3-5H2,1-2H3,(H,12,17)(H,14,16). The van der Waals surface area contributed by atoms with Crippen LogP contribution in [0.3, 0.4) is 0 Å². The summed E-state index contributed by atoms with van der Waals surface area (Å²) in [6, 6.07) is 0. The van der Waals surface area contributed by atoms with Crippen LogP contribution < -0.4 is 10.6 Å². The molecule has 0 saturated carbocycles. The van der Waals surface area contributed by atoms with Gasteiger partial charge in [-0.25, -0.2) is 0 Å². The number of alkyl halides is 1. The SMILES string of the molecule is CCCNC(=O)c1c(NC(=O)CCl)cnn1C. The topological polar surface area (TPSA) is 76.0 Å². The molecule has 0 fully saturated rings. The van der Waals surface area contributed by atoms with Gasteiger partial charge in [-0.1, -0.05) is 6.92 Å². The van der Waals surface area contributed by atoms with Gasteiger partial charge >= 0.3 is 0 Å². The lowest BCUT2D eigenvalue weighted by Gasteiger charge is -2.07. The van der Waals surface area contributed by atoms with Crippen LogP contribution in [0.5, 0.6) is 0 Å². The average Bonchev–Trinajstić information content (AvgIpc) is 2.67. The zero-order valence-electron chi connectivity index (χ0n) is 9.79. The van der Waals surface area contributed by atoms with Gasteiger partial charge in [0.1, 0.15) is 11.6 Å². The molecule has 0 saturated heterocycles. The van der Waals surface area contributed by atoms with Crippen molar-refractivity contribution in [3.8, 4) is 0 Å². The van der Waals surface area contributed by atoms with Crippen LogP contribution in [-0.4, -0.2) is 34.0 Å². The van der Waals surface area contributed by atoms with Crippen LogP contribution >= 0.6 is 11.6 Å². The molecule has 0 aromatic carbocycles. The number of nitrogens with one attached hydrogen (secondary N) is 2. The van der Waals surface area contributed by atoms with Crippen LogP contribution in [0.4, 0.5) is 5.69 Å². The van der Waals surface area contributed by atoms with Gasteiger partial charge in [-0.05, 0) is 6.42 Å². The third-order valence-electron chi connectivity index (χ3n) is 2.08. The highest BCUT2D eigenvalue weighted by molar-refractivity contribution is 6.29. The van der Waals surface area contributed by atoms with Crippen molar-refractivity contribution in [3.63, 3.8) is 0 Å². The van der Waals surface area contributed by atoms with Gasteiger partial charge in [0.15, 0.2) is 0 Å². The lowest BCUT2D eigenvalue weighted by molar-refractivity contribution is -0.113. The lowest BCUT2D eigenvalue weighted by atomic mass is 10.3. The van der Waals surface area contributed by atoms with Crippen LogP contribution in [0.2, 0.25) is 0 Å². The second-order valence-electron chi connectivity index (χ2n) is 3.47. The fourth-order valence-electron chi connectivity index (χ4n) is 1.30. The van der Waals surface area contributed by atoms with Crippen molar-refractivity contribution >= 4 is 29.1 Å². The normalized spacial score (nSPS) is 10.1. The van der Waals surface area contributed by atoms with Crippen LogP contribution in [-0.2, 0) is 11.8 Å². The first kappa shape index (κ1) is 13.5. The molecule has 1 rings (SSSR count). The zero-order valence-corrected chi connectivity index (χ0v) is 10.5. The fraction of sp³-hybridized carbons (Fsp3) is 0.500. The van der Waals surface area contributed by atoms with Crippen LogP contribution in [0, 0.1) is 0 Å². The highest BCUT2D eigenvalue weighted by Gasteiger charge is 2.17. The van der Waals surface area contributed by atoms with E-state index in [4.69, 9.17) is 11.6 Å². The number of anilines is 1. The quantitative estimate of drug-likeness (QED) is 0.765. The van der Waals surface area contributed by atoms with Gasteiger partial charge in [0.05, 0.1) is 11.9 Å². The summed E-state index contributed by atoms with van der Waals surface area (Å²) in [5.74, 6) is -0.800. The van der Waals surface area contributed by atoms with E-state index in [0.29, 0.717) is 17.9 Å². The number of carbonyl (C=O) groups excluding carboxylic acids is 2. The molecular weight excluding hydrogens is 244 g/mol. The van der Waals surface area contributed by atoms with E-state index in [2.05, 4.69) is 15.7 Å². The summed E-state index contributed by atoms with van der Waals surface area (Å²) < 4.78 is 1.41. The summed E-state index contributed by atoms with van der Waals surface area (Å²) in [6.07, 6.45) is 2.26. The van der Waals surface area contributed by atoms with Crippen LogP contribution in [0.15, 0.2) is 6.20 Å². The van der Waals surface area contributed by atoms with E-state index in [-0.39, 0.29) is 17.7 Å². The van der Waals surface area contributed by atoms with Gasteiger partial charge in [0.2, 0.25) is 5.91 Å². The number of carbonyl (C=O) groups is 2. The molecule has 2 N–H and O–H groups in total. The Bertz CT molecular complexity index is 416. The Morgan fingerprint density at radius 3 is 2.82 bits per heavy atom. The van der Waals surface area contributed by atoms with Gasteiger partial charge in [0.25, 0.3) is 5.91 Å². The Morgan fingerprint density at radius 1 is 1.53 bits per heavy atom. The Labute approximate surface area is 104 Å². The van der Waals surface area contributed by atoms with E-state index >= 15 is 0 Å². The van der Waals surface area contributed by atoms with Gasteiger partial charge in [-0.2, -0.15) is 5.10 Å². The molecule has 0 atom stereocenters. The molecule has 0 radical (unpaired) electrons. The Kier molecular flexibility index (Phi) is 4.96. The molecule has 1 heterocycles. The molecule has 2 amide bonds. The van der Waals surface area contributed by atoms with Crippen molar-refractivity contribution < 1.29 is 9.59 Å². The van der Waals surface area contributed by atoms with Crippen molar-refractivity contribution in [1.29, 1.82) is 0 Å². The van der Waals surface area contributed by atoms with Gasteiger partial charge in [0, 0.05) is 13.6 Å². The summed E-state index contributed by atoms with van der Waals surface area (Å²) in [6.45, 7) is 2.53. The van der Waals surface area contributed by atoms with Crippen molar-refractivity contribution in [3.05, 3.63) is 11.9 Å². The van der Waals surface area contributed by atoms with Crippen molar-refractivity contribution in [2.75, 3.05) is 17.7 Å². The number of halogens is 1. The lowest BCUT2D eigenvalue weighted by Crippen LogP contribution is -2.27. The Balaban J connectivity index is 2.86. The van der Waals surface area contributed by atoms with Crippen molar-refractivity contribution in [2.45, 2.75) is 13.3 Å². The third-order valence-corrected chi connectivity index (χ3v) is 2.33. The molecule has 6 nitrogen and oxygen atoms in total. The van der Waals surface area contributed by atoms with E-state index in [0.717, 1.165) is 6.42 Å². The molecule has 0 aliphatic heterocycles. The molecule has 0 unspecified atom stereocenters. The molecule has 0 spiro atoms. The zero-order chi connectivity index (χ0) is 12.8. The number of hydrogen-bond acceptors (Lipinski definition) is 3. The molecule has 7 heteroatoms. The average molecular weight is 259 g/mol. The summed E-state index contributed by atoms with van der Waals surface area (Å²) >= 11 is 5.38. The summed E-state index contributed by atoms with van der Waals surface area (Å²) in [5.41, 5.74) is 0.684. The molecule has 0 aliphatic rings. The molecule has 0 bridgehead atoms. The second kappa shape index (κ2) is 6.24. The minimum Gasteiger partial charge on any atom is -0.351 e. The minimum absolute atomic E-state index is 0.162. The summed E-state index contributed by atoms with van der Waals surface area (Å²) in [4.78, 5) is 23.0. The molecule has 0 aliphatic carbocycles. The van der Waals surface area contributed by atoms with Gasteiger partial charge in [-0.3, -0.25) is 14.3 Å². The number of nitrogens with zero attached hydrogens (tertiary/aromatic N) is 2. The first-order valence-corrected chi connectivity index (χ1v) is 5.79. The molecule has 94 valence electrons. The van der Waals surface area contributed by atoms with E-state index < -0.39 is 0 Å². The maximum absolute atomic E-state index is 11.8. The second-order valence-corrected chi connectivity index (χ2v) is 3.74. The highest BCUT2D eigenvalue weighted by Crippen LogP contribution is 2.13. The number of rotatable bonds is 5. The first-order chi connectivity index (χ1) is 8.10. The molecular formula is C10H15ClN4O2. The third kappa shape index (κ3) is 3.45. The molecule has 1 aromatic heterocycles. The monoisotopic (exact) mass is 258 g/mol. The molecule has 17 heavy (non-hydrogen) atoms. The van der Waals surface area contributed by atoms with Crippen LogP contribution in [0.1, 0.15) is 23.8 Å². The number of aromatic nitrogens is 2. The number of aryl methyl sites for hydroxylation is 1. The van der Waals surface area contributed by atoms with E-state index in [1.165, 1.54) is 10.9 Å².